The third-order valence-corrected chi connectivity index (χ3v) is 4.14. The monoisotopic (exact) mass is 311 g/mol. The Labute approximate surface area is 133 Å². The molecule has 0 spiro atoms. The van der Waals surface area contributed by atoms with Crippen LogP contribution in [-0.2, 0) is 11.3 Å². The molecule has 0 aromatic carbocycles. The third-order valence-electron chi connectivity index (χ3n) is 3.41. The van der Waals surface area contributed by atoms with Gasteiger partial charge in [0.25, 0.3) is 0 Å². The number of nitrogens with zero attached hydrogens (tertiary/aromatic N) is 2. The van der Waals surface area contributed by atoms with Crippen LogP contribution in [0.3, 0.4) is 0 Å². The van der Waals surface area contributed by atoms with Crippen molar-refractivity contribution in [3.63, 3.8) is 0 Å². The van der Waals surface area contributed by atoms with Crippen LogP contribution in [0.15, 0.2) is 21.8 Å². The second kappa shape index (κ2) is 9.79. The summed E-state index contributed by atoms with van der Waals surface area (Å²) in [4.78, 5) is 6.50. The van der Waals surface area contributed by atoms with Crippen LogP contribution in [0.1, 0.15) is 32.8 Å². The van der Waals surface area contributed by atoms with Gasteiger partial charge in [0, 0.05) is 33.8 Å². The lowest BCUT2D eigenvalue weighted by Gasteiger charge is -2.24. The second-order valence-electron chi connectivity index (χ2n) is 5.49. The zero-order chi connectivity index (χ0) is 15.7. The van der Waals surface area contributed by atoms with Crippen molar-refractivity contribution in [3.05, 3.63) is 22.4 Å². The highest BCUT2D eigenvalue weighted by molar-refractivity contribution is 7.07. The predicted octanol–water partition coefficient (Wildman–Crippen LogP) is 3.21. The van der Waals surface area contributed by atoms with Crippen molar-refractivity contribution in [2.24, 2.45) is 10.9 Å². The van der Waals surface area contributed by atoms with Crippen molar-refractivity contribution in [2.75, 3.05) is 27.2 Å². The first-order chi connectivity index (χ1) is 10.1. The molecule has 21 heavy (non-hydrogen) atoms. The highest BCUT2D eigenvalue weighted by atomic mass is 32.1. The quantitative estimate of drug-likeness (QED) is 0.592. The molecule has 0 saturated heterocycles. The summed E-state index contributed by atoms with van der Waals surface area (Å²) in [6.45, 7) is 8.99. The number of hydrogen-bond donors (Lipinski definition) is 1. The molecule has 1 rings (SSSR count). The van der Waals surface area contributed by atoms with Crippen molar-refractivity contribution >= 4 is 17.3 Å². The number of ether oxygens (including phenoxy) is 1. The molecule has 0 amide bonds. The summed E-state index contributed by atoms with van der Waals surface area (Å²) >= 11 is 1.73. The maximum atomic E-state index is 5.77. The maximum Gasteiger partial charge on any atom is 0.193 e. The van der Waals surface area contributed by atoms with Gasteiger partial charge >= 0.3 is 0 Å². The molecule has 0 bridgehead atoms. The van der Waals surface area contributed by atoms with Gasteiger partial charge in [-0.05, 0) is 41.7 Å². The van der Waals surface area contributed by atoms with Crippen molar-refractivity contribution < 1.29 is 4.74 Å². The molecule has 120 valence electrons. The van der Waals surface area contributed by atoms with Gasteiger partial charge in [-0.15, -0.1) is 0 Å². The van der Waals surface area contributed by atoms with Crippen molar-refractivity contribution in [2.45, 2.75) is 39.8 Å². The maximum absolute atomic E-state index is 5.77. The molecule has 0 fully saturated rings. The smallest absolute Gasteiger partial charge is 0.193 e. The molecule has 5 heteroatoms. The van der Waals surface area contributed by atoms with Crippen molar-refractivity contribution in [1.29, 1.82) is 0 Å². The topological polar surface area (TPSA) is 36.9 Å². The zero-order valence-electron chi connectivity index (χ0n) is 13.9. The number of guanidine groups is 1. The van der Waals surface area contributed by atoms with Crippen LogP contribution in [0.4, 0.5) is 0 Å². The molecule has 1 aromatic rings. The van der Waals surface area contributed by atoms with Gasteiger partial charge in [-0.3, -0.25) is 4.99 Å². The normalized spacial score (nSPS) is 13.5. The molecular weight excluding hydrogens is 282 g/mol. The average molecular weight is 311 g/mol. The Bertz CT molecular complexity index is 404. The summed E-state index contributed by atoms with van der Waals surface area (Å²) in [6, 6.07) is 2.15. The Morgan fingerprint density at radius 2 is 2.24 bits per heavy atom. The molecular formula is C16H29N3OS. The molecule has 4 nitrogen and oxygen atoms in total. The number of nitrogens with one attached hydrogen (secondary N) is 1. The Kier molecular flexibility index (Phi) is 8.38. The van der Waals surface area contributed by atoms with Gasteiger partial charge in [-0.25, -0.2) is 0 Å². The fourth-order valence-corrected chi connectivity index (χ4v) is 2.93. The van der Waals surface area contributed by atoms with Crippen molar-refractivity contribution in [3.8, 4) is 0 Å². The van der Waals surface area contributed by atoms with Gasteiger partial charge in [0.05, 0.1) is 6.10 Å². The minimum Gasteiger partial charge on any atom is -0.378 e. The molecule has 1 atom stereocenters. The first-order valence-electron chi connectivity index (χ1n) is 7.62. The van der Waals surface area contributed by atoms with Gasteiger partial charge in [-0.1, -0.05) is 13.8 Å². The second-order valence-corrected chi connectivity index (χ2v) is 6.27. The van der Waals surface area contributed by atoms with E-state index in [9.17, 15) is 0 Å². The van der Waals surface area contributed by atoms with E-state index < -0.39 is 0 Å². The number of aliphatic imine (C=N–C) groups is 1. The number of hydrogen-bond acceptors (Lipinski definition) is 3. The number of thiophene rings is 1. The molecule has 0 radical (unpaired) electrons. The lowest BCUT2D eigenvalue weighted by molar-refractivity contribution is 0.0257. The Balaban J connectivity index is 2.40. The predicted molar refractivity (Wildman–Crippen MR) is 92.0 cm³/mol. The molecule has 1 unspecified atom stereocenters. The van der Waals surface area contributed by atoms with E-state index in [2.05, 4.69) is 59.9 Å². The van der Waals surface area contributed by atoms with Crippen LogP contribution in [0.25, 0.3) is 0 Å². The molecule has 1 heterocycles. The molecule has 0 aliphatic rings. The van der Waals surface area contributed by atoms with Crippen LogP contribution < -0.4 is 5.32 Å². The Morgan fingerprint density at radius 1 is 1.48 bits per heavy atom. The zero-order valence-corrected chi connectivity index (χ0v) is 14.7. The van der Waals surface area contributed by atoms with Crippen molar-refractivity contribution in [1.82, 2.24) is 10.2 Å². The third kappa shape index (κ3) is 6.48. The summed E-state index contributed by atoms with van der Waals surface area (Å²) in [5.74, 6) is 1.47. The van der Waals surface area contributed by atoms with E-state index in [1.165, 1.54) is 5.56 Å². The summed E-state index contributed by atoms with van der Waals surface area (Å²) in [5.41, 5.74) is 1.32. The minimum atomic E-state index is 0.308. The highest BCUT2D eigenvalue weighted by Crippen LogP contribution is 2.11. The van der Waals surface area contributed by atoms with E-state index in [0.29, 0.717) is 12.0 Å². The van der Waals surface area contributed by atoms with Crippen LogP contribution in [0, 0.1) is 5.92 Å². The minimum absolute atomic E-state index is 0.308. The van der Waals surface area contributed by atoms with Gasteiger partial charge in [0.1, 0.15) is 0 Å². The first kappa shape index (κ1) is 18.0. The molecule has 1 N–H and O–H groups in total. The van der Waals surface area contributed by atoms with Crippen LogP contribution in [-0.4, -0.2) is 44.2 Å². The summed E-state index contributed by atoms with van der Waals surface area (Å²) < 4.78 is 5.77. The molecule has 0 aliphatic heterocycles. The average Bonchev–Trinajstić information content (AvgIpc) is 2.94. The summed E-state index contributed by atoms with van der Waals surface area (Å²) in [7, 11) is 3.89. The van der Waals surface area contributed by atoms with Crippen LogP contribution in [0.5, 0.6) is 0 Å². The van der Waals surface area contributed by atoms with Gasteiger partial charge < -0.3 is 15.0 Å². The van der Waals surface area contributed by atoms with Gasteiger partial charge in [0.15, 0.2) is 5.96 Å². The lowest BCUT2D eigenvalue weighted by atomic mass is 10.0. The fraction of sp³-hybridized carbons (Fsp3) is 0.688. The van der Waals surface area contributed by atoms with Gasteiger partial charge in [0.2, 0.25) is 0 Å². The highest BCUT2D eigenvalue weighted by Gasteiger charge is 2.14. The molecule has 0 saturated carbocycles. The van der Waals surface area contributed by atoms with Crippen LogP contribution in [0.2, 0.25) is 0 Å². The summed E-state index contributed by atoms with van der Waals surface area (Å²) in [5, 5.41) is 7.70. The first-order valence-corrected chi connectivity index (χ1v) is 8.57. The Morgan fingerprint density at radius 3 is 2.76 bits per heavy atom. The molecule has 1 aromatic heterocycles. The SMILES string of the molecule is CCOC(CCNC(=NC)N(C)Cc1ccsc1)C(C)C. The van der Waals surface area contributed by atoms with E-state index in [0.717, 1.165) is 32.1 Å². The van der Waals surface area contributed by atoms with Crippen LogP contribution >= 0.6 is 11.3 Å². The molecule has 0 aliphatic carbocycles. The number of rotatable bonds is 8. The standard InChI is InChI=1S/C16H29N3OS/c1-6-20-15(13(2)3)7-9-18-16(17-4)19(5)11-14-8-10-21-12-14/h8,10,12-13,15H,6-7,9,11H2,1-5H3,(H,17,18). The largest absolute Gasteiger partial charge is 0.378 e. The fourth-order valence-electron chi connectivity index (χ4n) is 2.27. The van der Waals surface area contributed by atoms with E-state index in [1.807, 2.05) is 7.05 Å². The lowest BCUT2D eigenvalue weighted by Crippen LogP contribution is -2.40. The van der Waals surface area contributed by atoms with Gasteiger partial charge in [-0.2, -0.15) is 11.3 Å². The van der Waals surface area contributed by atoms with E-state index in [1.54, 1.807) is 11.3 Å². The van der Waals surface area contributed by atoms with E-state index in [-0.39, 0.29) is 0 Å². The van der Waals surface area contributed by atoms with E-state index in [4.69, 9.17) is 4.74 Å². The Hall–Kier alpha value is -1.07. The summed E-state index contributed by atoms with van der Waals surface area (Å²) in [6.07, 6.45) is 1.30. The van der Waals surface area contributed by atoms with E-state index >= 15 is 0 Å².